The van der Waals surface area contributed by atoms with E-state index in [4.69, 9.17) is 5.73 Å². The molecule has 6 heteroatoms. The fourth-order valence-electron chi connectivity index (χ4n) is 2.01. The molecule has 0 radical (unpaired) electrons. The van der Waals surface area contributed by atoms with Crippen LogP contribution in [0.2, 0.25) is 0 Å². The summed E-state index contributed by atoms with van der Waals surface area (Å²) in [6, 6.07) is 9.02. The highest BCUT2D eigenvalue weighted by Gasteiger charge is 2.17. The third-order valence-corrected chi connectivity index (χ3v) is 4.32. The van der Waals surface area contributed by atoms with Crippen molar-refractivity contribution in [2.75, 3.05) is 11.9 Å². The number of carbonyl (C=O) groups is 2. The van der Waals surface area contributed by atoms with Gasteiger partial charge < -0.3 is 16.4 Å². The minimum absolute atomic E-state index is 0.118. The molecular weight excluding hydrogens is 310 g/mol. The SMILES string of the molecule is CCc1ccc(C(=O)Nc2sccc2C(=O)N[C@@H](C)CN)cc1. The Morgan fingerprint density at radius 2 is 1.87 bits per heavy atom. The molecule has 1 aromatic carbocycles. The van der Waals surface area contributed by atoms with E-state index in [1.54, 1.807) is 23.6 Å². The van der Waals surface area contributed by atoms with E-state index in [0.717, 1.165) is 6.42 Å². The van der Waals surface area contributed by atoms with Gasteiger partial charge in [-0.3, -0.25) is 9.59 Å². The van der Waals surface area contributed by atoms with Gasteiger partial charge in [-0.05, 0) is 42.5 Å². The number of hydrogen-bond acceptors (Lipinski definition) is 4. The molecule has 0 bridgehead atoms. The molecule has 2 aromatic rings. The molecule has 1 heterocycles. The van der Waals surface area contributed by atoms with Crippen molar-refractivity contribution in [2.24, 2.45) is 5.73 Å². The third kappa shape index (κ3) is 4.40. The Balaban J connectivity index is 2.09. The number of nitrogens with one attached hydrogen (secondary N) is 2. The van der Waals surface area contributed by atoms with Gasteiger partial charge in [-0.2, -0.15) is 0 Å². The van der Waals surface area contributed by atoms with Gasteiger partial charge in [0.15, 0.2) is 0 Å². The van der Waals surface area contributed by atoms with Crippen molar-refractivity contribution < 1.29 is 9.59 Å². The van der Waals surface area contributed by atoms with E-state index in [-0.39, 0.29) is 17.9 Å². The molecule has 1 atom stereocenters. The first-order chi connectivity index (χ1) is 11.0. The molecule has 23 heavy (non-hydrogen) atoms. The Kier molecular flexibility index (Phi) is 5.90. The fourth-order valence-corrected chi connectivity index (χ4v) is 2.79. The number of amides is 2. The molecule has 0 saturated carbocycles. The normalized spacial score (nSPS) is 11.8. The van der Waals surface area contributed by atoms with Crippen molar-refractivity contribution in [2.45, 2.75) is 26.3 Å². The predicted octanol–water partition coefficient (Wildman–Crippen LogP) is 2.64. The molecule has 0 fully saturated rings. The standard InChI is InChI=1S/C17H21N3O2S/c1-3-12-4-6-13(7-5-12)15(21)20-17-14(8-9-23-17)16(22)19-11(2)10-18/h4-9,11H,3,10,18H2,1-2H3,(H,19,22)(H,20,21)/t11-/m0/s1. The van der Waals surface area contributed by atoms with E-state index in [9.17, 15) is 9.59 Å². The maximum absolute atomic E-state index is 12.3. The maximum Gasteiger partial charge on any atom is 0.256 e. The number of nitrogens with two attached hydrogens (primary N) is 1. The van der Waals surface area contributed by atoms with Crippen LogP contribution in [-0.2, 0) is 6.42 Å². The van der Waals surface area contributed by atoms with E-state index < -0.39 is 0 Å². The summed E-state index contributed by atoms with van der Waals surface area (Å²) in [5.74, 6) is -0.461. The van der Waals surface area contributed by atoms with Crippen molar-refractivity contribution in [1.29, 1.82) is 0 Å². The minimum atomic E-state index is -0.235. The molecule has 0 unspecified atom stereocenters. The average molecular weight is 331 g/mol. The number of hydrogen-bond donors (Lipinski definition) is 3. The largest absolute Gasteiger partial charge is 0.348 e. The number of aryl methyl sites for hydroxylation is 1. The molecule has 5 nitrogen and oxygen atoms in total. The van der Waals surface area contributed by atoms with Gasteiger partial charge in [-0.25, -0.2) is 0 Å². The fraction of sp³-hybridized carbons (Fsp3) is 0.294. The summed E-state index contributed by atoms with van der Waals surface area (Å²) in [6.07, 6.45) is 0.927. The zero-order valence-corrected chi connectivity index (χ0v) is 14.1. The van der Waals surface area contributed by atoms with E-state index in [1.807, 2.05) is 19.1 Å². The molecule has 122 valence electrons. The highest BCUT2D eigenvalue weighted by atomic mass is 32.1. The van der Waals surface area contributed by atoms with Gasteiger partial charge in [0.05, 0.1) is 5.56 Å². The zero-order chi connectivity index (χ0) is 16.8. The molecule has 2 amide bonds. The summed E-state index contributed by atoms with van der Waals surface area (Å²) in [5, 5.41) is 7.91. The molecule has 0 aliphatic carbocycles. The van der Waals surface area contributed by atoms with Crippen molar-refractivity contribution in [3.8, 4) is 0 Å². The van der Waals surface area contributed by atoms with Crippen LogP contribution in [0.15, 0.2) is 35.7 Å². The lowest BCUT2D eigenvalue weighted by Gasteiger charge is -2.12. The molecule has 0 spiro atoms. The van der Waals surface area contributed by atoms with Crippen LogP contribution in [0.3, 0.4) is 0 Å². The van der Waals surface area contributed by atoms with Gasteiger partial charge in [0.25, 0.3) is 11.8 Å². The second-order valence-electron chi connectivity index (χ2n) is 5.28. The van der Waals surface area contributed by atoms with Gasteiger partial charge in [-0.15, -0.1) is 11.3 Å². The predicted molar refractivity (Wildman–Crippen MR) is 94.1 cm³/mol. The highest BCUT2D eigenvalue weighted by Crippen LogP contribution is 2.24. The third-order valence-electron chi connectivity index (χ3n) is 3.49. The quantitative estimate of drug-likeness (QED) is 0.761. The lowest BCUT2D eigenvalue weighted by atomic mass is 10.1. The average Bonchev–Trinajstić information content (AvgIpc) is 3.02. The van der Waals surface area contributed by atoms with Crippen LogP contribution in [0, 0.1) is 0 Å². The topological polar surface area (TPSA) is 84.2 Å². The second kappa shape index (κ2) is 7.89. The van der Waals surface area contributed by atoms with Crippen molar-refractivity contribution in [3.63, 3.8) is 0 Å². The van der Waals surface area contributed by atoms with E-state index in [0.29, 0.717) is 22.7 Å². The van der Waals surface area contributed by atoms with Crippen LogP contribution >= 0.6 is 11.3 Å². The molecule has 1 aromatic heterocycles. The Bertz CT molecular complexity index is 679. The highest BCUT2D eigenvalue weighted by molar-refractivity contribution is 7.14. The van der Waals surface area contributed by atoms with Gasteiger partial charge in [-0.1, -0.05) is 19.1 Å². The van der Waals surface area contributed by atoms with Crippen LogP contribution in [0.5, 0.6) is 0 Å². The Labute approximate surface area is 139 Å². The molecule has 0 aliphatic heterocycles. The van der Waals surface area contributed by atoms with Crippen LogP contribution in [0.1, 0.15) is 40.1 Å². The lowest BCUT2D eigenvalue weighted by molar-refractivity contribution is 0.0942. The smallest absolute Gasteiger partial charge is 0.256 e. The van der Waals surface area contributed by atoms with Gasteiger partial charge in [0.2, 0.25) is 0 Å². The minimum Gasteiger partial charge on any atom is -0.348 e. The first-order valence-electron chi connectivity index (χ1n) is 7.53. The van der Waals surface area contributed by atoms with Gasteiger partial charge >= 0.3 is 0 Å². The monoisotopic (exact) mass is 331 g/mol. The van der Waals surface area contributed by atoms with Crippen LogP contribution in [0.25, 0.3) is 0 Å². The summed E-state index contributed by atoms with van der Waals surface area (Å²) < 4.78 is 0. The van der Waals surface area contributed by atoms with Crippen molar-refractivity contribution >= 4 is 28.2 Å². The molecule has 0 saturated heterocycles. The van der Waals surface area contributed by atoms with E-state index in [1.165, 1.54) is 16.9 Å². The van der Waals surface area contributed by atoms with E-state index in [2.05, 4.69) is 17.6 Å². The first kappa shape index (κ1) is 17.2. The maximum atomic E-state index is 12.3. The summed E-state index contributed by atoms with van der Waals surface area (Å²) in [6.45, 7) is 4.26. The molecule has 0 aliphatic rings. The summed E-state index contributed by atoms with van der Waals surface area (Å²) in [7, 11) is 0. The molecular formula is C17H21N3O2S. The summed E-state index contributed by atoms with van der Waals surface area (Å²) in [4.78, 5) is 24.5. The van der Waals surface area contributed by atoms with Crippen molar-refractivity contribution in [3.05, 3.63) is 52.4 Å². The second-order valence-corrected chi connectivity index (χ2v) is 6.19. The summed E-state index contributed by atoms with van der Waals surface area (Å²) in [5.41, 5.74) is 7.70. The van der Waals surface area contributed by atoms with Gasteiger partial charge in [0, 0.05) is 18.2 Å². The zero-order valence-electron chi connectivity index (χ0n) is 13.3. The van der Waals surface area contributed by atoms with Crippen LogP contribution < -0.4 is 16.4 Å². The van der Waals surface area contributed by atoms with Gasteiger partial charge in [0.1, 0.15) is 5.00 Å². The number of anilines is 1. The molecule has 4 N–H and O–H groups in total. The summed E-state index contributed by atoms with van der Waals surface area (Å²) >= 11 is 1.32. The van der Waals surface area contributed by atoms with Crippen LogP contribution in [-0.4, -0.2) is 24.4 Å². The molecule has 2 rings (SSSR count). The Hall–Kier alpha value is -2.18. The van der Waals surface area contributed by atoms with Crippen LogP contribution in [0.4, 0.5) is 5.00 Å². The van der Waals surface area contributed by atoms with Crippen molar-refractivity contribution in [1.82, 2.24) is 5.32 Å². The first-order valence-corrected chi connectivity index (χ1v) is 8.41. The number of benzene rings is 1. The lowest BCUT2D eigenvalue weighted by Crippen LogP contribution is -2.37. The number of carbonyl (C=O) groups excluding carboxylic acids is 2. The Morgan fingerprint density at radius 3 is 2.48 bits per heavy atom. The Morgan fingerprint density at radius 1 is 1.17 bits per heavy atom. The van der Waals surface area contributed by atoms with E-state index >= 15 is 0 Å². The number of rotatable bonds is 6. The number of thiophene rings is 1.